The number of nitrogens with zero attached hydrogens (tertiary/aromatic N) is 2. The summed E-state index contributed by atoms with van der Waals surface area (Å²) in [5.41, 5.74) is 1.89. The predicted molar refractivity (Wildman–Crippen MR) is 83.6 cm³/mol. The van der Waals surface area contributed by atoms with E-state index in [0.29, 0.717) is 11.6 Å². The number of benzene rings is 1. The van der Waals surface area contributed by atoms with E-state index < -0.39 is 0 Å². The second-order valence-electron chi connectivity index (χ2n) is 4.52. The second-order valence-corrected chi connectivity index (χ2v) is 5.33. The molecule has 0 unspecified atom stereocenters. The zero-order valence-corrected chi connectivity index (χ0v) is 12.8. The van der Waals surface area contributed by atoms with Crippen LogP contribution in [0.3, 0.4) is 0 Å². The second kappa shape index (κ2) is 7.00. The summed E-state index contributed by atoms with van der Waals surface area (Å²) in [4.78, 5) is 14.2. The van der Waals surface area contributed by atoms with Gasteiger partial charge in [-0.2, -0.15) is 5.26 Å². The molecule has 0 fully saturated rings. The van der Waals surface area contributed by atoms with Crippen molar-refractivity contribution >= 4 is 23.4 Å². The number of hydrogen-bond donors (Lipinski definition) is 0. The number of anilines is 1. The summed E-state index contributed by atoms with van der Waals surface area (Å²) in [6.07, 6.45) is 2.16. The lowest BCUT2D eigenvalue weighted by molar-refractivity contribution is 0.0956. The topological polar surface area (TPSA) is 57.2 Å². The van der Waals surface area contributed by atoms with E-state index in [4.69, 9.17) is 9.68 Å². The number of carbonyl (C=O) groups excluding carboxylic acids is 1. The maximum absolute atomic E-state index is 12.6. The number of nitriles is 1. The Morgan fingerprint density at radius 3 is 2.57 bits per heavy atom. The van der Waals surface area contributed by atoms with Crippen LogP contribution >= 0.6 is 11.8 Å². The first kappa shape index (κ1) is 15.2. The van der Waals surface area contributed by atoms with Crippen molar-refractivity contribution < 1.29 is 9.21 Å². The van der Waals surface area contributed by atoms with Crippen molar-refractivity contribution in [3.63, 3.8) is 0 Å². The Hall–Kier alpha value is -2.19. The van der Waals surface area contributed by atoms with E-state index in [1.165, 1.54) is 11.8 Å². The molecule has 2 aromatic rings. The lowest BCUT2D eigenvalue weighted by atomic mass is 10.2. The fraction of sp³-hybridized carbons (Fsp3) is 0.250. The van der Waals surface area contributed by atoms with Crippen molar-refractivity contribution in [2.24, 2.45) is 0 Å². The maximum atomic E-state index is 12.6. The molecule has 108 valence electrons. The summed E-state index contributed by atoms with van der Waals surface area (Å²) >= 11 is 1.44. The SMILES string of the molecule is CSc1ccc(C(=O)N(CCC#N)c2ccc(C)cc2)o1. The number of amides is 1. The van der Waals surface area contributed by atoms with Crippen LogP contribution in [0.15, 0.2) is 45.9 Å². The van der Waals surface area contributed by atoms with Crippen molar-refractivity contribution in [2.75, 3.05) is 17.7 Å². The Kier molecular flexibility index (Phi) is 5.07. The van der Waals surface area contributed by atoms with Crippen molar-refractivity contribution in [3.8, 4) is 6.07 Å². The summed E-state index contributed by atoms with van der Waals surface area (Å²) < 4.78 is 5.49. The van der Waals surface area contributed by atoms with Crippen molar-refractivity contribution in [1.29, 1.82) is 5.26 Å². The van der Waals surface area contributed by atoms with Gasteiger partial charge in [0.2, 0.25) is 0 Å². The van der Waals surface area contributed by atoms with E-state index in [9.17, 15) is 4.79 Å². The molecule has 1 amide bonds. The zero-order valence-electron chi connectivity index (χ0n) is 12.0. The van der Waals surface area contributed by atoms with E-state index in [0.717, 1.165) is 11.3 Å². The molecule has 1 heterocycles. The molecule has 0 saturated heterocycles. The minimum absolute atomic E-state index is 0.227. The number of furan rings is 1. The predicted octanol–water partition coefficient (Wildman–Crippen LogP) is 3.87. The van der Waals surface area contributed by atoms with E-state index in [-0.39, 0.29) is 18.1 Å². The molecular weight excluding hydrogens is 284 g/mol. The fourth-order valence-electron chi connectivity index (χ4n) is 1.91. The lowest BCUT2D eigenvalue weighted by Gasteiger charge is -2.20. The smallest absolute Gasteiger partial charge is 0.294 e. The third-order valence-electron chi connectivity index (χ3n) is 3.03. The van der Waals surface area contributed by atoms with Gasteiger partial charge >= 0.3 is 0 Å². The molecule has 0 saturated carbocycles. The first-order valence-corrected chi connectivity index (χ1v) is 7.77. The molecule has 21 heavy (non-hydrogen) atoms. The first-order chi connectivity index (χ1) is 10.2. The Balaban J connectivity index is 2.28. The summed E-state index contributed by atoms with van der Waals surface area (Å²) in [5.74, 6) is 0.0623. The van der Waals surface area contributed by atoms with E-state index in [1.807, 2.05) is 37.4 Å². The van der Waals surface area contributed by atoms with Gasteiger partial charge in [0, 0.05) is 12.2 Å². The highest BCUT2D eigenvalue weighted by Crippen LogP contribution is 2.22. The van der Waals surface area contributed by atoms with Gasteiger partial charge < -0.3 is 9.32 Å². The third-order valence-corrected chi connectivity index (χ3v) is 3.65. The molecule has 1 aromatic carbocycles. The van der Waals surface area contributed by atoms with Crippen LogP contribution in [0.4, 0.5) is 5.69 Å². The standard InChI is InChI=1S/C16H16N2O2S/c1-12-4-6-13(7-5-12)18(11-3-10-17)16(19)14-8-9-15(20-14)21-2/h4-9H,3,11H2,1-2H3. The molecule has 0 aliphatic carbocycles. The van der Waals surface area contributed by atoms with Gasteiger partial charge in [0.15, 0.2) is 10.9 Å². The summed E-state index contributed by atoms with van der Waals surface area (Å²) in [6.45, 7) is 2.33. The minimum Gasteiger partial charge on any atom is -0.445 e. The molecule has 0 aliphatic rings. The lowest BCUT2D eigenvalue weighted by Crippen LogP contribution is -2.31. The molecule has 4 nitrogen and oxygen atoms in total. The highest BCUT2D eigenvalue weighted by atomic mass is 32.2. The molecule has 0 atom stereocenters. The number of thioether (sulfide) groups is 1. The number of carbonyl (C=O) groups is 1. The number of rotatable bonds is 5. The van der Waals surface area contributed by atoms with Crippen LogP contribution in [-0.2, 0) is 0 Å². The monoisotopic (exact) mass is 300 g/mol. The minimum atomic E-state index is -0.227. The molecule has 0 radical (unpaired) electrons. The molecule has 5 heteroatoms. The van der Waals surface area contributed by atoms with Crippen molar-refractivity contribution in [1.82, 2.24) is 0 Å². The molecule has 0 bridgehead atoms. The molecule has 1 aromatic heterocycles. The molecule has 0 N–H and O–H groups in total. The largest absolute Gasteiger partial charge is 0.445 e. The van der Waals surface area contributed by atoms with Crippen LogP contribution in [0.5, 0.6) is 0 Å². The number of aryl methyl sites for hydroxylation is 1. The average molecular weight is 300 g/mol. The molecule has 0 aliphatic heterocycles. The van der Waals surface area contributed by atoms with Crippen LogP contribution in [0.1, 0.15) is 22.5 Å². The Bertz CT molecular complexity index is 656. The summed E-state index contributed by atoms with van der Waals surface area (Å²) in [6, 6.07) is 13.2. The van der Waals surface area contributed by atoms with Crippen molar-refractivity contribution in [3.05, 3.63) is 47.7 Å². The van der Waals surface area contributed by atoms with Gasteiger partial charge in [0.1, 0.15) is 0 Å². The first-order valence-electron chi connectivity index (χ1n) is 6.55. The normalized spacial score (nSPS) is 10.1. The molecule has 0 spiro atoms. The fourth-order valence-corrected chi connectivity index (χ4v) is 2.29. The van der Waals surface area contributed by atoms with Gasteiger partial charge in [-0.3, -0.25) is 4.79 Å². The average Bonchev–Trinajstić information content (AvgIpc) is 2.98. The van der Waals surface area contributed by atoms with Crippen LogP contribution in [-0.4, -0.2) is 18.7 Å². The van der Waals surface area contributed by atoms with Gasteiger partial charge in [0.25, 0.3) is 5.91 Å². The zero-order chi connectivity index (χ0) is 15.2. The maximum Gasteiger partial charge on any atom is 0.294 e. The Labute approximate surface area is 128 Å². The van der Waals surface area contributed by atoms with Gasteiger partial charge in [-0.15, -0.1) is 0 Å². The van der Waals surface area contributed by atoms with Gasteiger partial charge in [-0.05, 0) is 37.4 Å². The van der Waals surface area contributed by atoms with Gasteiger partial charge in [-0.25, -0.2) is 0 Å². The summed E-state index contributed by atoms with van der Waals surface area (Å²) in [5, 5.41) is 9.48. The van der Waals surface area contributed by atoms with Crippen molar-refractivity contribution in [2.45, 2.75) is 18.4 Å². The van der Waals surface area contributed by atoms with E-state index in [1.54, 1.807) is 17.0 Å². The Morgan fingerprint density at radius 2 is 2.00 bits per heavy atom. The van der Waals surface area contributed by atoms with Crippen LogP contribution in [0.25, 0.3) is 0 Å². The highest BCUT2D eigenvalue weighted by molar-refractivity contribution is 7.98. The molecule has 2 rings (SSSR count). The number of hydrogen-bond acceptors (Lipinski definition) is 4. The molecular formula is C16H16N2O2S. The van der Waals surface area contributed by atoms with Gasteiger partial charge in [0.05, 0.1) is 12.5 Å². The van der Waals surface area contributed by atoms with Crippen LogP contribution < -0.4 is 4.90 Å². The van der Waals surface area contributed by atoms with Crippen LogP contribution in [0, 0.1) is 18.3 Å². The van der Waals surface area contributed by atoms with E-state index in [2.05, 4.69) is 6.07 Å². The van der Waals surface area contributed by atoms with Gasteiger partial charge in [-0.1, -0.05) is 29.5 Å². The van der Waals surface area contributed by atoms with E-state index >= 15 is 0 Å². The third kappa shape index (κ3) is 3.67. The Morgan fingerprint density at radius 1 is 1.29 bits per heavy atom. The van der Waals surface area contributed by atoms with Crippen LogP contribution in [0.2, 0.25) is 0 Å². The quantitative estimate of drug-likeness (QED) is 0.786. The summed E-state index contributed by atoms with van der Waals surface area (Å²) in [7, 11) is 0. The highest BCUT2D eigenvalue weighted by Gasteiger charge is 2.20.